The molecule has 0 N–H and O–H groups in total. The van der Waals surface area contributed by atoms with Gasteiger partial charge in [0, 0.05) is 5.71 Å². The zero-order valence-corrected chi connectivity index (χ0v) is 14.8. The molecule has 0 bridgehead atoms. The molecular formula is C19H21N3OS. The Balaban J connectivity index is 1.90. The zero-order chi connectivity index (χ0) is 16.9. The van der Waals surface area contributed by atoms with Crippen molar-refractivity contribution >= 4 is 39.3 Å². The van der Waals surface area contributed by atoms with Crippen LogP contribution < -0.4 is 0 Å². The van der Waals surface area contributed by atoms with E-state index in [2.05, 4.69) is 48.3 Å². The largest absolute Gasteiger partial charge is 0.285 e. The fourth-order valence-corrected chi connectivity index (χ4v) is 3.56. The first-order valence-electron chi connectivity index (χ1n) is 8.26. The standard InChI is InChI=1S/C19H21N3OS/c1-3-16(4-2)20-21-19-22(18(23)13-24-19)12-15-10-7-9-14-8-5-6-11-17(14)15/h5-11H,3-4,12-13H2,1-2H3/b21-19-. The van der Waals surface area contributed by atoms with Gasteiger partial charge in [-0.1, -0.05) is 68.1 Å². The van der Waals surface area contributed by atoms with E-state index in [1.165, 1.54) is 22.5 Å². The van der Waals surface area contributed by atoms with Gasteiger partial charge in [0.25, 0.3) is 0 Å². The number of carbonyl (C=O) groups excluding carboxylic acids is 1. The number of nitrogens with zero attached hydrogens (tertiary/aromatic N) is 3. The lowest BCUT2D eigenvalue weighted by Crippen LogP contribution is -2.29. The van der Waals surface area contributed by atoms with E-state index in [9.17, 15) is 4.79 Å². The fraction of sp³-hybridized carbons (Fsp3) is 0.316. The predicted octanol–water partition coefficient (Wildman–Crippen LogP) is 4.45. The average Bonchev–Trinajstić information content (AvgIpc) is 2.96. The maximum Gasteiger partial charge on any atom is 0.239 e. The minimum atomic E-state index is 0.0939. The summed E-state index contributed by atoms with van der Waals surface area (Å²) >= 11 is 1.47. The SMILES string of the molecule is CCC(CC)=N/N=C1\SCC(=O)N1Cc1cccc2ccccc12. The molecule has 1 heterocycles. The Bertz CT molecular complexity index is 802. The number of carbonyl (C=O) groups is 1. The van der Waals surface area contributed by atoms with E-state index in [0.29, 0.717) is 17.5 Å². The van der Waals surface area contributed by atoms with Crippen LogP contribution in [0.5, 0.6) is 0 Å². The second-order valence-corrected chi connectivity index (χ2v) is 6.61. The molecule has 3 rings (SSSR count). The molecule has 0 aliphatic carbocycles. The molecule has 4 nitrogen and oxygen atoms in total. The van der Waals surface area contributed by atoms with Crippen LogP contribution in [0, 0.1) is 0 Å². The molecular weight excluding hydrogens is 318 g/mol. The van der Waals surface area contributed by atoms with Gasteiger partial charge in [-0.25, -0.2) is 0 Å². The van der Waals surface area contributed by atoms with E-state index in [1.807, 2.05) is 18.2 Å². The lowest BCUT2D eigenvalue weighted by atomic mass is 10.0. The molecule has 1 amide bonds. The monoisotopic (exact) mass is 339 g/mol. The molecule has 24 heavy (non-hydrogen) atoms. The first-order valence-corrected chi connectivity index (χ1v) is 9.24. The van der Waals surface area contributed by atoms with E-state index in [4.69, 9.17) is 0 Å². The smallest absolute Gasteiger partial charge is 0.239 e. The van der Waals surface area contributed by atoms with E-state index in [0.717, 1.165) is 24.1 Å². The van der Waals surface area contributed by atoms with E-state index < -0.39 is 0 Å². The molecule has 1 saturated heterocycles. The maximum atomic E-state index is 12.3. The Morgan fingerprint density at radius 3 is 2.67 bits per heavy atom. The number of thioether (sulfide) groups is 1. The Morgan fingerprint density at radius 1 is 1.12 bits per heavy atom. The summed E-state index contributed by atoms with van der Waals surface area (Å²) in [5, 5.41) is 11.7. The number of hydrogen-bond donors (Lipinski definition) is 0. The van der Waals surface area contributed by atoms with Gasteiger partial charge in [0.1, 0.15) is 0 Å². The van der Waals surface area contributed by atoms with E-state index >= 15 is 0 Å². The van der Waals surface area contributed by atoms with Crippen LogP contribution in [0.3, 0.4) is 0 Å². The Morgan fingerprint density at radius 2 is 1.88 bits per heavy atom. The predicted molar refractivity (Wildman–Crippen MR) is 102 cm³/mol. The van der Waals surface area contributed by atoms with Gasteiger partial charge >= 0.3 is 0 Å². The lowest BCUT2D eigenvalue weighted by Gasteiger charge is -2.16. The van der Waals surface area contributed by atoms with Gasteiger partial charge in [0.15, 0.2) is 5.17 Å². The van der Waals surface area contributed by atoms with Crippen LogP contribution in [0.4, 0.5) is 0 Å². The van der Waals surface area contributed by atoms with Crippen LogP contribution in [0.25, 0.3) is 10.8 Å². The third-order valence-electron chi connectivity index (χ3n) is 4.16. The molecule has 1 aliphatic heterocycles. The molecule has 2 aromatic carbocycles. The highest BCUT2D eigenvalue weighted by Crippen LogP contribution is 2.25. The molecule has 2 aromatic rings. The van der Waals surface area contributed by atoms with Gasteiger partial charge in [-0.3, -0.25) is 9.69 Å². The summed E-state index contributed by atoms with van der Waals surface area (Å²) in [7, 11) is 0. The summed E-state index contributed by atoms with van der Waals surface area (Å²) in [6.07, 6.45) is 1.77. The summed E-state index contributed by atoms with van der Waals surface area (Å²) in [5.74, 6) is 0.531. The summed E-state index contributed by atoms with van der Waals surface area (Å²) in [5.41, 5.74) is 2.18. The highest BCUT2D eigenvalue weighted by atomic mass is 32.2. The second-order valence-electron chi connectivity index (χ2n) is 5.66. The van der Waals surface area contributed by atoms with Crippen molar-refractivity contribution in [2.45, 2.75) is 33.2 Å². The minimum absolute atomic E-state index is 0.0939. The van der Waals surface area contributed by atoms with Crippen molar-refractivity contribution in [3.63, 3.8) is 0 Å². The van der Waals surface area contributed by atoms with Gasteiger partial charge in [0.05, 0.1) is 12.3 Å². The first-order chi connectivity index (χ1) is 11.7. The van der Waals surface area contributed by atoms with Crippen molar-refractivity contribution in [1.29, 1.82) is 0 Å². The van der Waals surface area contributed by atoms with Gasteiger partial charge in [-0.2, -0.15) is 5.10 Å². The topological polar surface area (TPSA) is 45.0 Å². The Hall–Kier alpha value is -2.14. The summed E-state index contributed by atoms with van der Waals surface area (Å²) in [6, 6.07) is 14.4. The van der Waals surface area contributed by atoms with Crippen molar-refractivity contribution in [2.75, 3.05) is 5.75 Å². The van der Waals surface area contributed by atoms with E-state index in [-0.39, 0.29) is 5.91 Å². The van der Waals surface area contributed by atoms with Gasteiger partial charge in [-0.05, 0) is 29.2 Å². The van der Waals surface area contributed by atoms with Gasteiger partial charge in [-0.15, -0.1) is 5.10 Å². The Kier molecular flexibility index (Phi) is 5.30. The van der Waals surface area contributed by atoms with Crippen molar-refractivity contribution in [2.24, 2.45) is 10.2 Å². The molecule has 0 atom stereocenters. The van der Waals surface area contributed by atoms with Crippen LogP contribution in [0.2, 0.25) is 0 Å². The number of fused-ring (bicyclic) bond motifs is 1. The summed E-state index contributed by atoms with van der Waals surface area (Å²) < 4.78 is 0. The molecule has 0 saturated carbocycles. The van der Waals surface area contributed by atoms with Crippen molar-refractivity contribution < 1.29 is 4.79 Å². The molecule has 0 unspecified atom stereocenters. The van der Waals surface area contributed by atoms with Crippen molar-refractivity contribution in [3.8, 4) is 0 Å². The van der Waals surface area contributed by atoms with Crippen molar-refractivity contribution in [1.82, 2.24) is 4.90 Å². The summed E-state index contributed by atoms with van der Waals surface area (Å²) in [6.45, 7) is 4.68. The van der Waals surface area contributed by atoms with Gasteiger partial charge in [0.2, 0.25) is 5.91 Å². The Labute approximate surface area is 146 Å². The fourth-order valence-electron chi connectivity index (χ4n) is 2.73. The lowest BCUT2D eigenvalue weighted by molar-refractivity contribution is -0.124. The molecule has 0 radical (unpaired) electrons. The number of amidine groups is 1. The zero-order valence-electron chi connectivity index (χ0n) is 14.0. The third kappa shape index (κ3) is 3.51. The van der Waals surface area contributed by atoms with Crippen LogP contribution >= 0.6 is 11.8 Å². The molecule has 5 heteroatoms. The summed E-state index contributed by atoms with van der Waals surface area (Å²) in [4.78, 5) is 14.0. The highest BCUT2D eigenvalue weighted by Gasteiger charge is 2.28. The molecule has 1 aliphatic rings. The number of hydrogen-bond acceptors (Lipinski definition) is 4. The van der Waals surface area contributed by atoms with Crippen molar-refractivity contribution in [3.05, 3.63) is 48.0 Å². The van der Waals surface area contributed by atoms with Crippen LogP contribution in [-0.2, 0) is 11.3 Å². The third-order valence-corrected chi connectivity index (χ3v) is 5.11. The minimum Gasteiger partial charge on any atom is -0.285 e. The first kappa shape index (κ1) is 16.7. The second kappa shape index (κ2) is 7.62. The molecule has 0 aromatic heterocycles. The van der Waals surface area contributed by atoms with Crippen LogP contribution in [-0.4, -0.2) is 27.4 Å². The normalized spacial score (nSPS) is 16.2. The maximum absolute atomic E-state index is 12.3. The molecule has 124 valence electrons. The number of benzene rings is 2. The van der Waals surface area contributed by atoms with Crippen LogP contribution in [0.15, 0.2) is 52.7 Å². The molecule has 0 spiro atoms. The quantitative estimate of drug-likeness (QED) is 0.597. The van der Waals surface area contributed by atoms with E-state index in [1.54, 1.807) is 4.90 Å². The van der Waals surface area contributed by atoms with Gasteiger partial charge < -0.3 is 0 Å². The highest BCUT2D eigenvalue weighted by molar-refractivity contribution is 8.15. The van der Waals surface area contributed by atoms with Crippen LogP contribution in [0.1, 0.15) is 32.3 Å². The average molecular weight is 339 g/mol. The molecule has 1 fully saturated rings. The number of amides is 1. The number of rotatable bonds is 5.